The van der Waals surface area contributed by atoms with Crippen molar-refractivity contribution in [3.8, 4) is 0 Å². The second-order valence-electron chi connectivity index (χ2n) is 10.9. The Morgan fingerprint density at radius 3 is 1.52 bits per heavy atom. The van der Waals surface area contributed by atoms with Crippen molar-refractivity contribution in [2.24, 2.45) is 11.3 Å². The van der Waals surface area contributed by atoms with E-state index in [2.05, 4.69) is 48.7 Å². The third kappa shape index (κ3) is 22.4. The molecule has 2 heteroatoms. The Labute approximate surface area is 180 Å². The molecule has 0 bridgehead atoms. The fraction of sp³-hybridized carbons (Fsp3) is 1.00. The highest BCUT2D eigenvalue weighted by molar-refractivity contribution is 4.66. The van der Waals surface area contributed by atoms with Crippen LogP contribution in [0.1, 0.15) is 125 Å². The van der Waals surface area contributed by atoms with Crippen molar-refractivity contribution in [1.29, 1.82) is 0 Å². The van der Waals surface area contributed by atoms with Crippen molar-refractivity contribution in [2.45, 2.75) is 125 Å². The first-order valence-electron chi connectivity index (χ1n) is 12.0. The molecule has 1 unspecified atom stereocenters. The maximum atomic E-state index is 2.44. The van der Waals surface area contributed by atoms with Crippen molar-refractivity contribution < 1.29 is 16.9 Å². The van der Waals surface area contributed by atoms with Crippen molar-refractivity contribution in [3.05, 3.63) is 0 Å². The lowest BCUT2D eigenvalue weighted by Gasteiger charge is -2.30. The number of hydrogen-bond donors (Lipinski definition) is 0. The predicted molar refractivity (Wildman–Crippen MR) is 121 cm³/mol. The molecule has 0 aromatic rings. The molecule has 1 nitrogen and oxygen atoms in total. The molecule has 27 heavy (non-hydrogen) atoms. The summed E-state index contributed by atoms with van der Waals surface area (Å²) in [6.07, 6.45) is 20.0. The third-order valence-electron chi connectivity index (χ3n) is 5.79. The first-order chi connectivity index (χ1) is 12.2. The fourth-order valence-corrected chi connectivity index (χ4v) is 4.32. The number of rotatable bonds is 17. The summed E-state index contributed by atoms with van der Waals surface area (Å²) in [4.78, 5) is 0. The van der Waals surface area contributed by atoms with E-state index in [1.165, 1.54) is 107 Å². The third-order valence-corrected chi connectivity index (χ3v) is 5.79. The molecular weight excluding hydrogens is 350 g/mol. The van der Waals surface area contributed by atoms with Gasteiger partial charge in [-0.15, -0.1) is 0 Å². The SMILES string of the molecule is CCCCCCCCCCCC[N+](C)(C)CCCCC(C)CC(C)(C)C.[Cl-]. The molecule has 0 amide bonds. The van der Waals surface area contributed by atoms with Crippen LogP contribution in [-0.4, -0.2) is 31.7 Å². The summed E-state index contributed by atoms with van der Waals surface area (Å²) in [7, 11) is 4.87. The van der Waals surface area contributed by atoms with Gasteiger partial charge in [-0.2, -0.15) is 0 Å². The van der Waals surface area contributed by atoms with E-state index in [0.717, 1.165) is 5.92 Å². The van der Waals surface area contributed by atoms with Crippen LogP contribution < -0.4 is 12.4 Å². The summed E-state index contributed by atoms with van der Waals surface area (Å²) in [6, 6.07) is 0. The molecule has 0 rings (SSSR count). The average molecular weight is 404 g/mol. The maximum absolute atomic E-state index is 2.44. The van der Waals surface area contributed by atoms with Gasteiger partial charge in [0.2, 0.25) is 0 Å². The molecule has 0 radical (unpaired) electrons. The minimum Gasteiger partial charge on any atom is -1.00 e. The second-order valence-corrected chi connectivity index (χ2v) is 10.9. The highest BCUT2D eigenvalue weighted by Crippen LogP contribution is 2.27. The summed E-state index contributed by atoms with van der Waals surface area (Å²) >= 11 is 0. The van der Waals surface area contributed by atoms with E-state index in [0.29, 0.717) is 5.41 Å². The van der Waals surface area contributed by atoms with Crippen LogP contribution in [0.5, 0.6) is 0 Å². The molecule has 0 aliphatic carbocycles. The van der Waals surface area contributed by atoms with Crippen LogP contribution in [0, 0.1) is 11.3 Å². The minimum atomic E-state index is 0. The Hall–Kier alpha value is 0.250. The number of halogens is 1. The van der Waals surface area contributed by atoms with Gasteiger partial charge in [0.05, 0.1) is 27.2 Å². The smallest absolute Gasteiger partial charge is 0.0782 e. The summed E-state index contributed by atoms with van der Waals surface area (Å²) in [6.45, 7) is 14.6. The van der Waals surface area contributed by atoms with E-state index < -0.39 is 0 Å². The fourth-order valence-electron chi connectivity index (χ4n) is 4.32. The topological polar surface area (TPSA) is 0 Å². The normalized spacial score (nSPS) is 13.4. The zero-order valence-corrected chi connectivity index (χ0v) is 21.0. The quantitative estimate of drug-likeness (QED) is 0.230. The summed E-state index contributed by atoms with van der Waals surface area (Å²) in [5.41, 5.74) is 0.490. The standard InChI is InChI=1S/C25H54N.ClH/c1-8-9-10-11-12-13-14-15-16-18-21-26(6,7)22-19-17-20-24(2)23-25(3,4)5;/h24H,8-23H2,1-7H3;1H/q+1;/p-1. The monoisotopic (exact) mass is 403 g/mol. The zero-order valence-electron chi connectivity index (χ0n) is 20.2. The number of nitrogens with zero attached hydrogens (tertiary/aromatic N) is 1. The Morgan fingerprint density at radius 1 is 0.667 bits per heavy atom. The van der Waals surface area contributed by atoms with E-state index in [-0.39, 0.29) is 12.4 Å². The van der Waals surface area contributed by atoms with E-state index >= 15 is 0 Å². The van der Waals surface area contributed by atoms with E-state index in [1.807, 2.05) is 0 Å². The van der Waals surface area contributed by atoms with Crippen LogP contribution in [0.4, 0.5) is 0 Å². The van der Waals surface area contributed by atoms with Gasteiger partial charge >= 0.3 is 0 Å². The summed E-state index contributed by atoms with van der Waals surface area (Å²) in [5, 5.41) is 0. The molecule has 0 aromatic carbocycles. The van der Waals surface area contributed by atoms with Crippen molar-refractivity contribution in [2.75, 3.05) is 27.2 Å². The Kier molecular flexibility index (Phi) is 18.7. The first kappa shape index (κ1) is 29.5. The van der Waals surface area contributed by atoms with Crippen LogP contribution in [-0.2, 0) is 0 Å². The maximum Gasteiger partial charge on any atom is 0.0782 e. The van der Waals surface area contributed by atoms with Crippen LogP contribution in [0.2, 0.25) is 0 Å². The molecule has 0 saturated heterocycles. The Balaban J connectivity index is 0. The van der Waals surface area contributed by atoms with Crippen molar-refractivity contribution in [3.63, 3.8) is 0 Å². The predicted octanol–water partition coefficient (Wildman–Crippen LogP) is 5.23. The lowest BCUT2D eigenvalue weighted by molar-refractivity contribution is -0.890. The minimum absolute atomic E-state index is 0. The van der Waals surface area contributed by atoms with Gasteiger partial charge < -0.3 is 16.9 Å². The van der Waals surface area contributed by atoms with Gasteiger partial charge in [0, 0.05) is 0 Å². The van der Waals surface area contributed by atoms with Gasteiger partial charge in [0.15, 0.2) is 0 Å². The van der Waals surface area contributed by atoms with Crippen molar-refractivity contribution in [1.82, 2.24) is 0 Å². The zero-order chi connectivity index (χ0) is 19.9. The molecule has 0 saturated carbocycles. The molecule has 0 spiro atoms. The largest absolute Gasteiger partial charge is 1.00 e. The van der Waals surface area contributed by atoms with E-state index in [4.69, 9.17) is 0 Å². The van der Waals surface area contributed by atoms with Gasteiger partial charge in [-0.1, -0.05) is 92.4 Å². The Morgan fingerprint density at radius 2 is 1.07 bits per heavy atom. The van der Waals surface area contributed by atoms with E-state index in [9.17, 15) is 0 Å². The van der Waals surface area contributed by atoms with Crippen LogP contribution in [0.3, 0.4) is 0 Å². The molecular formula is C25H54ClN. The van der Waals surface area contributed by atoms with Crippen molar-refractivity contribution >= 4 is 0 Å². The van der Waals surface area contributed by atoms with E-state index in [1.54, 1.807) is 0 Å². The number of hydrogen-bond acceptors (Lipinski definition) is 0. The highest BCUT2D eigenvalue weighted by atomic mass is 35.5. The number of quaternary nitrogens is 1. The first-order valence-corrected chi connectivity index (χ1v) is 12.0. The molecule has 0 fully saturated rings. The van der Waals surface area contributed by atoms with Crippen LogP contribution in [0.15, 0.2) is 0 Å². The van der Waals surface area contributed by atoms with Gasteiger partial charge in [-0.05, 0) is 43.4 Å². The lowest BCUT2D eigenvalue weighted by atomic mass is 9.83. The highest BCUT2D eigenvalue weighted by Gasteiger charge is 2.17. The second kappa shape index (κ2) is 17.1. The van der Waals surface area contributed by atoms with Gasteiger partial charge in [-0.25, -0.2) is 0 Å². The van der Waals surface area contributed by atoms with Gasteiger partial charge in [0.25, 0.3) is 0 Å². The number of unbranched alkanes of at least 4 members (excludes halogenated alkanes) is 10. The summed E-state index contributed by atoms with van der Waals surface area (Å²) < 4.78 is 1.23. The van der Waals surface area contributed by atoms with Crippen LogP contribution in [0.25, 0.3) is 0 Å². The lowest BCUT2D eigenvalue weighted by Crippen LogP contribution is -3.00. The van der Waals surface area contributed by atoms with Gasteiger partial charge in [0.1, 0.15) is 0 Å². The molecule has 0 N–H and O–H groups in total. The molecule has 1 atom stereocenters. The van der Waals surface area contributed by atoms with Gasteiger partial charge in [-0.3, -0.25) is 0 Å². The molecule has 0 aliphatic rings. The molecule has 0 aromatic heterocycles. The van der Waals surface area contributed by atoms with Crippen LogP contribution >= 0.6 is 0 Å². The Bertz CT molecular complexity index is 306. The molecule has 166 valence electrons. The molecule has 0 heterocycles. The molecule has 0 aliphatic heterocycles. The average Bonchev–Trinajstić information content (AvgIpc) is 2.52. The summed E-state index contributed by atoms with van der Waals surface area (Å²) in [5.74, 6) is 0.882.